The van der Waals surface area contributed by atoms with E-state index in [1.807, 2.05) is 29.2 Å². The van der Waals surface area contributed by atoms with Crippen molar-refractivity contribution in [2.45, 2.75) is 11.4 Å². The van der Waals surface area contributed by atoms with Gasteiger partial charge >= 0.3 is 0 Å². The maximum atomic E-state index is 13.2. The van der Waals surface area contributed by atoms with Crippen molar-refractivity contribution in [3.8, 4) is 0 Å². The molecule has 2 aliphatic heterocycles. The van der Waals surface area contributed by atoms with Gasteiger partial charge in [0.2, 0.25) is 0 Å². The van der Waals surface area contributed by atoms with Gasteiger partial charge < -0.3 is 4.90 Å². The third-order valence-corrected chi connectivity index (χ3v) is 6.13. The van der Waals surface area contributed by atoms with Gasteiger partial charge in [0.15, 0.2) is 5.11 Å². The monoisotopic (exact) mass is 378 g/mol. The highest BCUT2D eigenvalue weighted by Crippen LogP contribution is 2.46. The molecule has 0 aliphatic carbocycles. The van der Waals surface area contributed by atoms with Crippen LogP contribution in [0, 0.1) is 5.82 Å². The zero-order chi connectivity index (χ0) is 16.8. The Morgan fingerprint density at radius 2 is 1.79 bits per heavy atom. The van der Waals surface area contributed by atoms with Crippen LogP contribution in [0.1, 0.15) is 10.9 Å². The average molecular weight is 379 g/mol. The number of carbonyl (C=O) groups excluding carboxylic acids is 1. The molecule has 24 heavy (non-hydrogen) atoms. The van der Waals surface area contributed by atoms with Crippen LogP contribution >= 0.6 is 35.6 Å². The van der Waals surface area contributed by atoms with Gasteiger partial charge in [-0.3, -0.25) is 9.69 Å². The van der Waals surface area contributed by atoms with Crippen LogP contribution in [-0.4, -0.2) is 27.7 Å². The molecule has 7 heteroatoms. The highest BCUT2D eigenvalue weighted by Gasteiger charge is 2.50. The van der Waals surface area contributed by atoms with Crippen molar-refractivity contribution in [1.29, 1.82) is 0 Å². The molecule has 0 radical (unpaired) electrons. The van der Waals surface area contributed by atoms with Crippen molar-refractivity contribution in [3.63, 3.8) is 0 Å². The number of thioether (sulfide) groups is 1. The molecule has 2 atom stereocenters. The van der Waals surface area contributed by atoms with Crippen molar-refractivity contribution in [1.82, 2.24) is 4.90 Å². The number of halogens is 2. The molecule has 0 aromatic heterocycles. The number of hydrogen-bond donors (Lipinski definition) is 0. The van der Waals surface area contributed by atoms with E-state index in [4.69, 9.17) is 23.8 Å². The first kappa shape index (κ1) is 15.9. The lowest BCUT2D eigenvalue weighted by molar-refractivity contribution is -0.119. The first-order valence-corrected chi connectivity index (χ1v) is 9.18. The third kappa shape index (κ3) is 2.49. The van der Waals surface area contributed by atoms with Gasteiger partial charge in [0.25, 0.3) is 5.91 Å². The number of benzene rings is 2. The second-order valence-corrected chi connectivity index (χ2v) is 7.51. The van der Waals surface area contributed by atoms with E-state index in [2.05, 4.69) is 0 Å². The first-order valence-electron chi connectivity index (χ1n) is 7.35. The molecule has 0 bridgehead atoms. The number of fused-ring (bicyclic) bond motifs is 1. The Balaban J connectivity index is 1.67. The summed E-state index contributed by atoms with van der Waals surface area (Å²) >= 11 is 13.2. The Bertz CT molecular complexity index is 812. The fourth-order valence-corrected chi connectivity index (χ4v) is 5.05. The molecule has 0 unspecified atom stereocenters. The largest absolute Gasteiger partial charge is 0.319 e. The maximum absolute atomic E-state index is 13.2. The molecule has 2 fully saturated rings. The molecule has 4 rings (SSSR count). The van der Waals surface area contributed by atoms with Gasteiger partial charge in [-0.05, 0) is 54.2 Å². The summed E-state index contributed by atoms with van der Waals surface area (Å²) in [5.41, 5.74) is 1.66. The van der Waals surface area contributed by atoms with Crippen LogP contribution < -0.4 is 4.90 Å². The van der Waals surface area contributed by atoms with Crippen molar-refractivity contribution in [2.75, 3.05) is 10.7 Å². The number of thiocarbonyl (C=S) groups is 1. The molecule has 2 aromatic rings. The minimum atomic E-state index is -0.341. The van der Waals surface area contributed by atoms with Crippen LogP contribution in [0.2, 0.25) is 5.02 Å². The van der Waals surface area contributed by atoms with Crippen LogP contribution in [0.5, 0.6) is 0 Å². The number of hydrogen-bond acceptors (Lipinski definition) is 3. The molecular formula is C17H12ClFN2OS2. The van der Waals surface area contributed by atoms with E-state index in [9.17, 15) is 9.18 Å². The average Bonchev–Trinajstić information content (AvgIpc) is 3.11. The quantitative estimate of drug-likeness (QED) is 0.730. The maximum Gasteiger partial charge on any atom is 0.257 e. The lowest BCUT2D eigenvalue weighted by Crippen LogP contribution is -2.33. The minimum Gasteiger partial charge on any atom is -0.319 e. The molecule has 2 heterocycles. The summed E-state index contributed by atoms with van der Waals surface area (Å²) in [6.45, 7) is 0. The van der Waals surface area contributed by atoms with E-state index >= 15 is 0 Å². The predicted octanol–water partition coefficient (Wildman–Crippen LogP) is 4.23. The van der Waals surface area contributed by atoms with Gasteiger partial charge in [-0.1, -0.05) is 23.7 Å². The summed E-state index contributed by atoms with van der Waals surface area (Å²) in [6, 6.07) is 13.1. The SMILES string of the molecule is O=C1[C@@H]2CS[C@H](c3ccc(Cl)cc3)N2C(=S)N1c1ccc(F)cc1. The highest BCUT2D eigenvalue weighted by atomic mass is 35.5. The number of nitrogens with zero attached hydrogens (tertiary/aromatic N) is 2. The molecule has 0 N–H and O–H groups in total. The van der Waals surface area contributed by atoms with E-state index in [1.165, 1.54) is 17.0 Å². The number of rotatable bonds is 2. The summed E-state index contributed by atoms with van der Waals surface area (Å²) in [6.07, 6.45) is 0. The second-order valence-electron chi connectivity index (χ2n) is 5.59. The Kier molecular flexibility index (Phi) is 3.98. The fourth-order valence-electron chi connectivity index (χ4n) is 3.00. The summed E-state index contributed by atoms with van der Waals surface area (Å²) in [4.78, 5) is 16.3. The fraction of sp³-hybridized carbons (Fsp3) is 0.176. The van der Waals surface area contributed by atoms with E-state index in [0.717, 1.165) is 5.56 Å². The van der Waals surface area contributed by atoms with Crippen LogP contribution in [0.15, 0.2) is 48.5 Å². The van der Waals surface area contributed by atoms with E-state index in [1.54, 1.807) is 23.9 Å². The minimum absolute atomic E-state index is 0.0193. The normalized spacial score (nSPS) is 23.1. The Morgan fingerprint density at radius 3 is 2.46 bits per heavy atom. The molecule has 2 aromatic carbocycles. The van der Waals surface area contributed by atoms with E-state index < -0.39 is 0 Å². The molecule has 1 amide bonds. The molecule has 0 saturated carbocycles. The lowest BCUT2D eigenvalue weighted by Gasteiger charge is -2.25. The molecule has 2 aliphatic rings. The number of carbonyl (C=O) groups is 1. The summed E-state index contributed by atoms with van der Waals surface area (Å²) in [5.74, 6) is 0.270. The molecule has 3 nitrogen and oxygen atoms in total. The lowest BCUT2D eigenvalue weighted by atomic mass is 10.2. The molecule has 122 valence electrons. The summed E-state index contributed by atoms with van der Waals surface area (Å²) in [5, 5.41) is 1.11. The Labute approximate surface area is 153 Å². The predicted molar refractivity (Wildman–Crippen MR) is 98.8 cm³/mol. The van der Waals surface area contributed by atoms with Gasteiger partial charge in [-0.2, -0.15) is 0 Å². The van der Waals surface area contributed by atoms with Crippen molar-refractivity contribution in [3.05, 3.63) is 64.9 Å². The second kappa shape index (κ2) is 6.02. The zero-order valence-corrected chi connectivity index (χ0v) is 14.7. The van der Waals surface area contributed by atoms with E-state index in [-0.39, 0.29) is 23.1 Å². The highest BCUT2D eigenvalue weighted by molar-refractivity contribution is 7.99. The Hall–Kier alpha value is -1.63. The van der Waals surface area contributed by atoms with Gasteiger partial charge in [0.05, 0.1) is 5.69 Å². The van der Waals surface area contributed by atoms with Gasteiger partial charge in [-0.25, -0.2) is 4.39 Å². The molecule has 0 spiro atoms. The van der Waals surface area contributed by atoms with Crippen LogP contribution in [0.4, 0.5) is 10.1 Å². The van der Waals surface area contributed by atoms with E-state index in [0.29, 0.717) is 21.6 Å². The number of amides is 1. The van der Waals surface area contributed by atoms with Gasteiger partial charge in [0.1, 0.15) is 17.2 Å². The van der Waals surface area contributed by atoms with Crippen molar-refractivity contribution < 1.29 is 9.18 Å². The molecular weight excluding hydrogens is 367 g/mol. The third-order valence-electron chi connectivity index (χ3n) is 4.16. The first-order chi connectivity index (χ1) is 11.6. The Morgan fingerprint density at radius 1 is 1.12 bits per heavy atom. The molecule has 2 saturated heterocycles. The topological polar surface area (TPSA) is 23.6 Å². The number of anilines is 1. The van der Waals surface area contributed by atoms with Crippen LogP contribution in [0.3, 0.4) is 0 Å². The van der Waals surface area contributed by atoms with Crippen molar-refractivity contribution >= 4 is 52.3 Å². The van der Waals surface area contributed by atoms with Crippen LogP contribution in [0.25, 0.3) is 0 Å². The van der Waals surface area contributed by atoms with Crippen molar-refractivity contribution in [2.24, 2.45) is 0 Å². The zero-order valence-electron chi connectivity index (χ0n) is 12.4. The van der Waals surface area contributed by atoms with Gasteiger partial charge in [0, 0.05) is 10.8 Å². The smallest absolute Gasteiger partial charge is 0.257 e. The van der Waals surface area contributed by atoms with Gasteiger partial charge in [-0.15, -0.1) is 11.8 Å². The summed E-state index contributed by atoms with van der Waals surface area (Å²) in [7, 11) is 0. The van der Waals surface area contributed by atoms with Crippen LogP contribution in [-0.2, 0) is 4.79 Å². The summed E-state index contributed by atoms with van der Waals surface area (Å²) < 4.78 is 13.2. The standard InChI is InChI=1S/C17H12ClFN2OS2/c18-11-3-1-10(2-4-11)16-21-14(9-24-16)15(22)20(17(21)23)13-7-5-12(19)6-8-13/h1-8,14,16H,9H2/t14-,16+/m0/s1.